The molecule has 3 heterocycles. The summed E-state index contributed by atoms with van der Waals surface area (Å²) in [6, 6.07) is 24.2. The molecule has 3 nitrogen and oxygen atoms in total. The third kappa shape index (κ3) is 5.74. The van der Waals surface area contributed by atoms with Gasteiger partial charge in [0.05, 0.1) is 8.07 Å². The molecule has 3 aromatic carbocycles. The molecule has 1 radical (unpaired) electrons. The van der Waals surface area contributed by atoms with Gasteiger partial charge in [0.25, 0.3) is 0 Å². The number of allylic oxidation sites excluding steroid dienone is 2. The topological polar surface area (TPSA) is 50.2 Å². The number of nitrogens with zero attached hydrogens (tertiary/aromatic N) is 1. The van der Waals surface area contributed by atoms with E-state index in [0.29, 0.717) is 0 Å². The number of ketones is 1. The number of rotatable bonds is 7. The normalized spacial score (nSPS) is 15.6. The fraction of sp³-hybridized carbons (Fsp3) is 0.400. The van der Waals surface area contributed by atoms with Crippen molar-refractivity contribution in [2.45, 2.75) is 93.4 Å². The SMILES string of the molecule is CCC(C)(CC)C(=O)/C=C(\O)C(C)(CC)CC.C[Si]1(C)c2cc3ccccc3[c-]c2-c2nccc3c2-c2c1cccc2[Si]3(C)C.[Ir]. The van der Waals surface area contributed by atoms with Crippen LogP contribution in [0.1, 0.15) is 67.2 Å². The number of hydrogen-bond acceptors (Lipinski definition) is 3. The molecule has 46 heavy (non-hydrogen) atoms. The summed E-state index contributed by atoms with van der Waals surface area (Å²) in [6.45, 7) is 22.1. The van der Waals surface area contributed by atoms with Crippen molar-refractivity contribution in [1.29, 1.82) is 0 Å². The molecule has 4 aromatic rings. The van der Waals surface area contributed by atoms with Gasteiger partial charge in [-0.3, -0.25) is 9.78 Å². The van der Waals surface area contributed by atoms with Gasteiger partial charge in [-0.05, 0) is 48.1 Å². The molecule has 0 saturated carbocycles. The van der Waals surface area contributed by atoms with Crippen LogP contribution in [0.25, 0.3) is 33.2 Å². The minimum absolute atomic E-state index is 0. The van der Waals surface area contributed by atoms with E-state index in [1.54, 1.807) is 15.6 Å². The van der Waals surface area contributed by atoms with E-state index in [4.69, 9.17) is 4.98 Å². The predicted octanol–water partition coefficient (Wildman–Crippen LogP) is 8.29. The molecule has 0 saturated heterocycles. The second-order valence-electron chi connectivity index (χ2n) is 14.6. The smallest absolute Gasteiger partial charge is 0.164 e. The van der Waals surface area contributed by atoms with Crippen LogP contribution in [-0.4, -0.2) is 32.0 Å². The van der Waals surface area contributed by atoms with Gasteiger partial charge >= 0.3 is 0 Å². The quantitative estimate of drug-likeness (QED) is 0.0884. The summed E-state index contributed by atoms with van der Waals surface area (Å²) < 4.78 is 0. The number of aliphatic hydroxyl groups is 1. The van der Waals surface area contributed by atoms with E-state index in [9.17, 15) is 9.90 Å². The van der Waals surface area contributed by atoms with Gasteiger partial charge < -0.3 is 5.11 Å². The van der Waals surface area contributed by atoms with Gasteiger partial charge in [0.15, 0.2) is 5.78 Å². The molecule has 0 fully saturated rings. The molecule has 0 spiro atoms. The van der Waals surface area contributed by atoms with Crippen LogP contribution in [0.2, 0.25) is 26.2 Å². The van der Waals surface area contributed by atoms with E-state index in [0.717, 1.165) is 31.4 Å². The molecule has 0 bridgehead atoms. The number of fused-ring (bicyclic) bond motifs is 3. The average molecular weight is 825 g/mol. The molecule has 1 aromatic heterocycles. The van der Waals surface area contributed by atoms with Gasteiger partial charge in [-0.15, -0.1) is 28.8 Å². The molecule has 1 N–H and O–H groups in total. The Hall–Kier alpha value is -2.64. The third-order valence-electron chi connectivity index (χ3n) is 11.6. The number of carbonyl (C=O) groups excluding carboxylic acids is 1. The van der Waals surface area contributed by atoms with Crippen LogP contribution in [0.4, 0.5) is 0 Å². The van der Waals surface area contributed by atoms with Crippen molar-refractivity contribution in [3.8, 4) is 22.4 Å². The number of carbonyl (C=O) groups is 1. The Morgan fingerprint density at radius 3 is 1.91 bits per heavy atom. The molecular formula is C40H50IrNO2Si2-. The predicted molar refractivity (Wildman–Crippen MR) is 198 cm³/mol. The van der Waals surface area contributed by atoms with Crippen molar-refractivity contribution < 1.29 is 30.0 Å². The van der Waals surface area contributed by atoms with Crippen LogP contribution >= 0.6 is 0 Å². The summed E-state index contributed by atoms with van der Waals surface area (Å²) in [4.78, 5) is 17.1. The molecule has 0 atom stereocenters. The standard InChI is InChI=1S/C25H22NSi2.C15H28O2.Ir/c1-27(2)19-10-7-11-20-23(19)24-21(27)12-13-26-25(24)18-14-16-8-5-6-9-17(16)15-22(18)28(20,3)4;1-7-14(5,8-2)12(16)11-13(17)15(6,9-3)10-4;/h5-13,15H,1-4H3;11,16H,7-10H2,1-6H3;/q-1;;/b;12-11-;. The summed E-state index contributed by atoms with van der Waals surface area (Å²) in [5.41, 5.74) is 4.72. The molecule has 0 amide bonds. The van der Waals surface area contributed by atoms with Gasteiger partial charge in [0.2, 0.25) is 0 Å². The fourth-order valence-corrected chi connectivity index (χ4v) is 13.3. The van der Waals surface area contributed by atoms with Gasteiger partial charge in [-0.1, -0.05) is 125 Å². The largest absolute Gasteiger partial charge is 0.512 e. The van der Waals surface area contributed by atoms with Gasteiger partial charge in [0.1, 0.15) is 13.8 Å². The Balaban J connectivity index is 0.000000234. The maximum atomic E-state index is 12.2. The minimum atomic E-state index is -1.91. The molecule has 2 aliphatic rings. The van der Waals surface area contributed by atoms with Crippen molar-refractivity contribution in [1.82, 2.24) is 4.98 Å². The number of benzene rings is 3. The summed E-state index contributed by atoms with van der Waals surface area (Å²) in [6.07, 6.45) is 6.78. The van der Waals surface area contributed by atoms with E-state index >= 15 is 0 Å². The van der Waals surface area contributed by atoms with Crippen LogP contribution in [0.15, 0.2) is 72.6 Å². The first-order valence-electron chi connectivity index (χ1n) is 16.8. The van der Waals surface area contributed by atoms with Gasteiger partial charge in [-0.25, -0.2) is 0 Å². The minimum Gasteiger partial charge on any atom is -0.512 e. The Labute approximate surface area is 292 Å². The van der Waals surface area contributed by atoms with Crippen LogP contribution in [0.5, 0.6) is 0 Å². The van der Waals surface area contributed by atoms with Crippen LogP contribution in [0.3, 0.4) is 0 Å². The first kappa shape index (κ1) is 36.2. The van der Waals surface area contributed by atoms with E-state index in [-0.39, 0.29) is 42.5 Å². The molecule has 6 heteroatoms. The second-order valence-corrected chi connectivity index (χ2v) is 23.3. The van der Waals surface area contributed by atoms with Gasteiger partial charge in [-0.2, -0.15) is 0 Å². The van der Waals surface area contributed by atoms with Crippen molar-refractivity contribution in [2.24, 2.45) is 10.8 Å². The zero-order valence-corrected chi connectivity index (χ0v) is 33.7. The maximum absolute atomic E-state index is 12.2. The molecule has 2 aliphatic heterocycles. The van der Waals surface area contributed by atoms with Gasteiger partial charge in [0, 0.05) is 48.9 Å². The number of aromatic nitrogens is 1. The Morgan fingerprint density at radius 1 is 0.783 bits per heavy atom. The van der Waals surface area contributed by atoms with E-state index < -0.39 is 16.1 Å². The number of aliphatic hydroxyl groups excluding tert-OH is 1. The summed E-state index contributed by atoms with van der Waals surface area (Å²) in [5.74, 6) is 0.286. The Bertz CT molecular complexity index is 1820. The first-order valence-corrected chi connectivity index (χ1v) is 22.8. The Kier molecular flexibility index (Phi) is 10.3. The van der Waals surface area contributed by atoms with Crippen molar-refractivity contribution >= 4 is 53.5 Å². The van der Waals surface area contributed by atoms with Crippen molar-refractivity contribution in [3.63, 3.8) is 0 Å². The zero-order chi connectivity index (χ0) is 32.9. The van der Waals surface area contributed by atoms with E-state index in [1.165, 1.54) is 38.7 Å². The molecule has 245 valence electrons. The van der Waals surface area contributed by atoms with Crippen LogP contribution in [0, 0.1) is 16.9 Å². The van der Waals surface area contributed by atoms with Crippen LogP contribution in [-0.2, 0) is 24.9 Å². The zero-order valence-electron chi connectivity index (χ0n) is 29.3. The monoisotopic (exact) mass is 825 g/mol. The second kappa shape index (κ2) is 13.1. The first-order chi connectivity index (χ1) is 21.2. The molecule has 0 aliphatic carbocycles. The summed E-state index contributed by atoms with van der Waals surface area (Å²) >= 11 is 0. The Morgan fingerprint density at radius 2 is 1.33 bits per heavy atom. The summed E-state index contributed by atoms with van der Waals surface area (Å²) in [5, 5.41) is 18.8. The van der Waals surface area contributed by atoms with E-state index in [2.05, 4.69) is 86.9 Å². The molecule has 0 unspecified atom stereocenters. The maximum Gasteiger partial charge on any atom is 0.164 e. The molecule has 6 rings (SSSR count). The van der Waals surface area contributed by atoms with Crippen LogP contribution < -0.4 is 20.7 Å². The fourth-order valence-electron chi connectivity index (χ4n) is 7.11. The molecular weight excluding hydrogens is 775 g/mol. The summed E-state index contributed by atoms with van der Waals surface area (Å²) in [7, 11) is -3.60. The number of pyridine rings is 1. The third-order valence-corrected chi connectivity index (χ3v) is 18.6. The number of hydrogen-bond donors (Lipinski definition) is 1. The van der Waals surface area contributed by atoms with Crippen molar-refractivity contribution in [3.05, 3.63) is 78.7 Å². The average Bonchev–Trinajstić information content (AvgIpc) is 3.25. The van der Waals surface area contributed by atoms with E-state index in [1.807, 2.05) is 47.7 Å². The van der Waals surface area contributed by atoms with Crippen molar-refractivity contribution in [2.75, 3.05) is 0 Å².